The highest BCUT2D eigenvalue weighted by atomic mass is 15.2. The van der Waals surface area contributed by atoms with E-state index >= 15 is 0 Å². The first-order valence-corrected chi connectivity index (χ1v) is 21.4. The van der Waals surface area contributed by atoms with Crippen LogP contribution in [-0.2, 0) is 5.41 Å². The van der Waals surface area contributed by atoms with Gasteiger partial charge in [0.25, 0.3) is 0 Å². The zero-order chi connectivity index (χ0) is 41.0. The molecule has 1 aromatic heterocycles. The number of rotatable bonds is 7. The van der Waals surface area contributed by atoms with E-state index < -0.39 is 5.41 Å². The average molecular weight is 792 g/mol. The molecule has 11 aromatic rings. The molecule has 0 aliphatic carbocycles. The molecule has 1 aliphatic heterocycles. The van der Waals surface area contributed by atoms with Crippen LogP contribution in [0.3, 0.4) is 0 Å². The Labute approximate surface area is 361 Å². The molecule has 0 saturated carbocycles. The Morgan fingerprint density at radius 3 is 1.61 bits per heavy atom. The van der Waals surface area contributed by atoms with Crippen molar-refractivity contribution in [2.45, 2.75) is 5.41 Å². The molecule has 292 valence electrons. The second kappa shape index (κ2) is 14.5. The molecule has 0 fully saturated rings. The van der Waals surface area contributed by atoms with Gasteiger partial charge >= 0.3 is 0 Å². The summed E-state index contributed by atoms with van der Waals surface area (Å²) in [6, 6.07) is 90.8. The summed E-state index contributed by atoms with van der Waals surface area (Å²) in [7, 11) is 0. The van der Waals surface area contributed by atoms with Crippen LogP contribution in [0.1, 0.15) is 22.3 Å². The number of benzene rings is 10. The van der Waals surface area contributed by atoms with Gasteiger partial charge in [-0.05, 0) is 113 Å². The van der Waals surface area contributed by atoms with Crippen LogP contribution in [0.15, 0.2) is 249 Å². The maximum absolute atomic E-state index is 2.47. The van der Waals surface area contributed by atoms with Gasteiger partial charge in [-0.2, -0.15) is 0 Å². The van der Waals surface area contributed by atoms with E-state index in [2.05, 4.69) is 263 Å². The Hall–Kier alpha value is -8.14. The number of hydrogen-bond donors (Lipinski definition) is 0. The molecule has 62 heavy (non-hydrogen) atoms. The molecule has 0 N–H and O–H groups in total. The highest BCUT2D eigenvalue weighted by Crippen LogP contribution is 2.58. The minimum atomic E-state index is -0.618. The smallest absolute Gasteiger partial charge is 0.0742 e. The molecule has 10 aromatic carbocycles. The monoisotopic (exact) mass is 791 g/mol. The van der Waals surface area contributed by atoms with Crippen LogP contribution >= 0.6 is 0 Å². The van der Waals surface area contributed by atoms with E-state index in [9.17, 15) is 0 Å². The standard InChI is InChI=1S/C59H41N3/c1-4-21-43(22-5-1)59(44-35-40-56-51(41-44)50-28-12-15-31-55(50)61(56)46-25-8-3-9-26-46)52-29-13-16-32-57(52)62(58-33-17-14-30-53(58)59)48-38-36-47(37-39-48)60(45-23-6-2-7-24-45)54-34-18-20-42-19-10-11-27-49(42)54/h1-41H. The van der Waals surface area contributed by atoms with Crippen LogP contribution < -0.4 is 9.80 Å². The third-order valence-corrected chi connectivity index (χ3v) is 12.8. The van der Waals surface area contributed by atoms with Crippen molar-refractivity contribution in [1.29, 1.82) is 0 Å². The van der Waals surface area contributed by atoms with Crippen molar-refractivity contribution in [3.63, 3.8) is 0 Å². The Morgan fingerprint density at radius 2 is 0.887 bits per heavy atom. The summed E-state index contributed by atoms with van der Waals surface area (Å²) in [6.07, 6.45) is 0. The van der Waals surface area contributed by atoms with E-state index in [1.54, 1.807) is 0 Å². The van der Waals surface area contributed by atoms with E-state index in [4.69, 9.17) is 0 Å². The van der Waals surface area contributed by atoms with Crippen LogP contribution in [0.25, 0.3) is 38.3 Å². The van der Waals surface area contributed by atoms with Gasteiger partial charge in [-0.3, -0.25) is 0 Å². The third-order valence-electron chi connectivity index (χ3n) is 12.8. The normalized spacial score (nSPS) is 12.9. The second-order valence-electron chi connectivity index (χ2n) is 16.1. The quantitative estimate of drug-likeness (QED) is 0.159. The molecule has 0 radical (unpaired) electrons. The highest BCUT2D eigenvalue weighted by Gasteiger charge is 2.46. The average Bonchev–Trinajstić information content (AvgIpc) is 3.68. The Morgan fingerprint density at radius 1 is 0.339 bits per heavy atom. The van der Waals surface area contributed by atoms with E-state index in [0.29, 0.717) is 0 Å². The number of hydrogen-bond acceptors (Lipinski definition) is 2. The number of nitrogens with zero attached hydrogens (tertiary/aromatic N) is 3. The first-order valence-electron chi connectivity index (χ1n) is 21.4. The lowest BCUT2D eigenvalue weighted by Crippen LogP contribution is -2.37. The first kappa shape index (κ1) is 35.8. The highest BCUT2D eigenvalue weighted by molar-refractivity contribution is 6.10. The summed E-state index contributed by atoms with van der Waals surface area (Å²) >= 11 is 0. The summed E-state index contributed by atoms with van der Waals surface area (Å²) in [6.45, 7) is 0. The maximum Gasteiger partial charge on any atom is 0.0742 e. The summed E-state index contributed by atoms with van der Waals surface area (Å²) in [5, 5.41) is 4.90. The topological polar surface area (TPSA) is 11.4 Å². The van der Waals surface area contributed by atoms with E-state index in [1.165, 1.54) is 54.8 Å². The van der Waals surface area contributed by atoms with Crippen molar-refractivity contribution < 1.29 is 0 Å². The van der Waals surface area contributed by atoms with E-state index in [1.807, 2.05) is 0 Å². The van der Waals surface area contributed by atoms with Gasteiger partial charge in [-0.25, -0.2) is 0 Å². The molecule has 12 rings (SSSR count). The molecule has 0 amide bonds. The summed E-state index contributed by atoms with van der Waals surface area (Å²) < 4.78 is 2.40. The van der Waals surface area contributed by atoms with Gasteiger partial charge in [0.1, 0.15) is 0 Å². The van der Waals surface area contributed by atoms with Crippen molar-refractivity contribution in [1.82, 2.24) is 4.57 Å². The molecule has 0 spiro atoms. The summed E-state index contributed by atoms with van der Waals surface area (Å²) in [5.41, 5.74) is 14.6. The van der Waals surface area contributed by atoms with Crippen LogP contribution in [0.2, 0.25) is 0 Å². The van der Waals surface area contributed by atoms with Gasteiger partial charge in [-0.15, -0.1) is 0 Å². The SMILES string of the molecule is c1ccc(N(c2ccc(N3c4ccccc4C(c4ccccc4)(c4ccc5c(c4)c4ccccc4n5-c4ccccc4)c4ccccc43)cc2)c2cccc3ccccc23)cc1. The van der Waals surface area contributed by atoms with Crippen molar-refractivity contribution in [3.8, 4) is 5.69 Å². The van der Waals surface area contributed by atoms with Gasteiger partial charge in [-0.1, -0.05) is 164 Å². The van der Waals surface area contributed by atoms with Crippen LogP contribution in [0.5, 0.6) is 0 Å². The molecule has 1 aliphatic rings. The number of fused-ring (bicyclic) bond motifs is 6. The van der Waals surface area contributed by atoms with Crippen molar-refractivity contribution >= 4 is 66.7 Å². The summed E-state index contributed by atoms with van der Waals surface area (Å²) in [5.74, 6) is 0. The Kier molecular flexibility index (Phi) is 8.39. The maximum atomic E-state index is 2.47. The zero-order valence-corrected chi connectivity index (χ0v) is 34.0. The van der Waals surface area contributed by atoms with Gasteiger partial charge in [0.05, 0.1) is 33.5 Å². The van der Waals surface area contributed by atoms with E-state index in [0.717, 1.165) is 39.8 Å². The molecule has 2 heterocycles. The minimum Gasteiger partial charge on any atom is -0.310 e. The number of para-hydroxylation sites is 5. The predicted octanol–water partition coefficient (Wildman–Crippen LogP) is 15.6. The molecule has 0 bridgehead atoms. The molecule has 0 saturated heterocycles. The van der Waals surface area contributed by atoms with Crippen LogP contribution in [0.4, 0.5) is 34.1 Å². The Balaban J connectivity index is 1.06. The lowest BCUT2D eigenvalue weighted by molar-refractivity contribution is 0.732. The predicted molar refractivity (Wildman–Crippen MR) is 260 cm³/mol. The lowest BCUT2D eigenvalue weighted by atomic mass is 9.62. The fourth-order valence-corrected chi connectivity index (χ4v) is 10.2. The van der Waals surface area contributed by atoms with Gasteiger partial charge < -0.3 is 14.4 Å². The van der Waals surface area contributed by atoms with Crippen molar-refractivity contribution in [2.75, 3.05) is 9.80 Å². The minimum absolute atomic E-state index is 0.618. The summed E-state index contributed by atoms with van der Waals surface area (Å²) in [4.78, 5) is 4.83. The fraction of sp³-hybridized carbons (Fsp3) is 0.0169. The largest absolute Gasteiger partial charge is 0.310 e. The fourth-order valence-electron chi connectivity index (χ4n) is 10.2. The zero-order valence-electron chi connectivity index (χ0n) is 34.0. The van der Waals surface area contributed by atoms with Crippen molar-refractivity contribution in [2.24, 2.45) is 0 Å². The number of anilines is 6. The Bertz CT molecular complexity index is 3360. The molecule has 0 unspecified atom stereocenters. The van der Waals surface area contributed by atoms with Crippen LogP contribution in [-0.4, -0.2) is 4.57 Å². The van der Waals surface area contributed by atoms with Gasteiger partial charge in [0, 0.05) is 38.9 Å². The molecular weight excluding hydrogens is 751 g/mol. The first-order chi connectivity index (χ1) is 30.8. The molecule has 0 atom stereocenters. The van der Waals surface area contributed by atoms with E-state index in [-0.39, 0.29) is 0 Å². The molecule has 3 nitrogen and oxygen atoms in total. The van der Waals surface area contributed by atoms with Crippen molar-refractivity contribution in [3.05, 3.63) is 271 Å². The van der Waals surface area contributed by atoms with Gasteiger partial charge in [0.15, 0.2) is 0 Å². The number of aromatic nitrogens is 1. The van der Waals surface area contributed by atoms with Gasteiger partial charge in [0.2, 0.25) is 0 Å². The molecule has 3 heteroatoms. The lowest BCUT2D eigenvalue weighted by Gasteiger charge is -2.46. The third kappa shape index (κ3) is 5.45. The van der Waals surface area contributed by atoms with Crippen LogP contribution in [0, 0.1) is 0 Å². The molecular formula is C59H41N3. The second-order valence-corrected chi connectivity index (χ2v) is 16.1.